The van der Waals surface area contributed by atoms with Gasteiger partial charge in [0.2, 0.25) is 11.8 Å². The third kappa shape index (κ3) is 4.11. The van der Waals surface area contributed by atoms with Gasteiger partial charge in [0.25, 0.3) is 0 Å². The van der Waals surface area contributed by atoms with E-state index in [0.717, 1.165) is 0 Å². The lowest BCUT2D eigenvalue weighted by Crippen LogP contribution is -2.39. The second kappa shape index (κ2) is 5.77. The Morgan fingerprint density at radius 2 is 1.90 bits per heavy atom. The summed E-state index contributed by atoms with van der Waals surface area (Å²) in [7, 11) is 0. The van der Waals surface area contributed by atoms with E-state index in [0.29, 0.717) is 5.69 Å². The molecule has 1 aromatic rings. The maximum atomic E-state index is 11.7. The summed E-state index contributed by atoms with van der Waals surface area (Å²) in [6.45, 7) is 6.68. The molecule has 4 N–H and O–H groups in total. The molecule has 0 saturated heterocycles. The molecule has 0 spiro atoms. The number of hydrogen-bond acceptors (Lipinski definition) is 3. The van der Waals surface area contributed by atoms with Crippen molar-refractivity contribution in [1.29, 1.82) is 0 Å². The maximum absolute atomic E-state index is 11.7. The molecule has 1 aromatic heterocycles. The number of rotatable bonds is 4. The number of carboxylic acid groups (broad SMARTS) is 1. The van der Waals surface area contributed by atoms with Crippen LogP contribution in [0.25, 0.3) is 0 Å². The van der Waals surface area contributed by atoms with Gasteiger partial charge in [0.15, 0.2) is 0 Å². The molecule has 0 bridgehead atoms. The van der Waals surface area contributed by atoms with Gasteiger partial charge in [-0.15, -0.1) is 0 Å². The number of aromatic amines is 1. The predicted octanol–water partition coefficient (Wildman–Crippen LogP) is 1.12. The molecule has 0 unspecified atom stereocenters. The molecule has 20 heavy (non-hydrogen) atoms. The van der Waals surface area contributed by atoms with Crippen LogP contribution >= 0.6 is 0 Å². The highest BCUT2D eigenvalue weighted by Gasteiger charge is 2.22. The zero-order valence-corrected chi connectivity index (χ0v) is 12.0. The highest BCUT2D eigenvalue weighted by Crippen LogP contribution is 2.16. The molecular formula is C13H19N3O4. The molecule has 0 aliphatic carbocycles. The van der Waals surface area contributed by atoms with Gasteiger partial charge in [-0.2, -0.15) is 0 Å². The van der Waals surface area contributed by atoms with E-state index in [1.165, 1.54) is 6.07 Å². The number of carbonyl (C=O) groups is 3. The summed E-state index contributed by atoms with van der Waals surface area (Å²) in [5.74, 6) is -1.90. The third-order valence-corrected chi connectivity index (χ3v) is 2.53. The highest BCUT2D eigenvalue weighted by molar-refractivity contribution is 6.01. The predicted molar refractivity (Wildman–Crippen MR) is 73.6 cm³/mol. The van der Waals surface area contributed by atoms with Crippen molar-refractivity contribution >= 4 is 23.5 Å². The van der Waals surface area contributed by atoms with Crippen LogP contribution in [0.3, 0.4) is 0 Å². The Morgan fingerprint density at radius 3 is 2.40 bits per heavy atom. The van der Waals surface area contributed by atoms with Crippen molar-refractivity contribution < 1.29 is 19.5 Å². The van der Waals surface area contributed by atoms with Gasteiger partial charge in [0.1, 0.15) is 5.69 Å². The van der Waals surface area contributed by atoms with Gasteiger partial charge in [-0.25, -0.2) is 4.79 Å². The molecule has 0 saturated carbocycles. The van der Waals surface area contributed by atoms with E-state index in [1.807, 2.05) is 0 Å². The molecular weight excluding hydrogens is 262 g/mol. The van der Waals surface area contributed by atoms with Crippen LogP contribution in [0.4, 0.5) is 5.69 Å². The van der Waals surface area contributed by atoms with Gasteiger partial charge < -0.3 is 20.7 Å². The Bertz CT molecular complexity index is 540. The summed E-state index contributed by atoms with van der Waals surface area (Å²) >= 11 is 0. The number of aromatic nitrogens is 1. The summed E-state index contributed by atoms with van der Waals surface area (Å²) < 4.78 is 0. The van der Waals surface area contributed by atoms with Gasteiger partial charge in [-0.1, -0.05) is 20.8 Å². The Hall–Kier alpha value is -2.31. The minimum absolute atomic E-state index is 0.0852. The Balaban J connectivity index is 2.64. The summed E-state index contributed by atoms with van der Waals surface area (Å²) in [6, 6.07) is 1.52. The molecule has 0 aliphatic heterocycles. The molecule has 0 radical (unpaired) electrons. The molecule has 1 rings (SSSR count). The van der Waals surface area contributed by atoms with E-state index in [2.05, 4.69) is 15.6 Å². The molecule has 1 heterocycles. The van der Waals surface area contributed by atoms with Crippen molar-refractivity contribution in [2.24, 2.45) is 5.41 Å². The topological polar surface area (TPSA) is 111 Å². The number of carbonyl (C=O) groups excluding carboxylic acids is 2. The third-order valence-electron chi connectivity index (χ3n) is 2.53. The first-order valence-corrected chi connectivity index (χ1v) is 6.12. The largest absolute Gasteiger partial charge is 0.477 e. The zero-order chi connectivity index (χ0) is 15.5. The first-order valence-electron chi connectivity index (χ1n) is 6.12. The van der Waals surface area contributed by atoms with Gasteiger partial charge in [0.05, 0.1) is 12.2 Å². The number of anilines is 1. The summed E-state index contributed by atoms with van der Waals surface area (Å²) in [4.78, 5) is 36.9. The number of aromatic carboxylic acids is 1. The average Bonchev–Trinajstić information content (AvgIpc) is 2.65. The number of amides is 2. The Kier molecular flexibility index (Phi) is 4.54. The van der Waals surface area contributed by atoms with Crippen LogP contribution in [0.2, 0.25) is 0 Å². The summed E-state index contributed by atoms with van der Waals surface area (Å²) in [5.41, 5.74) is 0.136. The van der Waals surface area contributed by atoms with Crippen LogP contribution in [-0.4, -0.2) is 34.4 Å². The number of hydrogen-bond donors (Lipinski definition) is 4. The van der Waals surface area contributed by atoms with Crippen LogP contribution in [0.1, 0.15) is 37.0 Å². The maximum Gasteiger partial charge on any atom is 0.354 e. The molecule has 0 fully saturated rings. The second-order valence-electron chi connectivity index (χ2n) is 5.53. The van der Waals surface area contributed by atoms with Crippen molar-refractivity contribution in [2.75, 3.05) is 11.9 Å². The van der Waals surface area contributed by atoms with Gasteiger partial charge >= 0.3 is 5.97 Å². The van der Waals surface area contributed by atoms with Gasteiger partial charge in [0, 0.05) is 11.1 Å². The van der Waals surface area contributed by atoms with Crippen molar-refractivity contribution in [3.63, 3.8) is 0 Å². The fourth-order valence-corrected chi connectivity index (χ4v) is 1.48. The SMILES string of the molecule is Cc1cc(NC(=O)CNC(=O)C(C)(C)C)c(C(=O)O)[nH]1. The van der Waals surface area contributed by atoms with Crippen molar-refractivity contribution in [2.45, 2.75) is 27.7 Å². The fourth-order valence-electron chi connectivity index (χ4n) is 1.48. The molecule has 0 aromatic carbocycles. The van der Waals surface area contributed by atoms with Crippen LogP contribution in [0, 0.1) is 12.3 Å². The Labute approximate surface area is 116 Å². The standard InChI is InChI=1S/C13H19N3O4/c1-7-5-8(10(15-7)11(18)19)16-9(17)6-14-12(20)13(2,3)4/h5,15H,6H2,1-4H3,(H,14,20)(H,16,17)(H,18,19). The van der Waals surface area contributed by atoms with Gasteiger partial charge in [-0.3, -0.25) is 9.59 Å². The van der Waals surface area contributed by atoms with Gasteiger partial charge in [-0.05, 0) is 13.0 Å². The highest BCUT2D eigenvalue weighted by atomic mass is 16.4. The molecule has 2 amide bonds. The lowest BCUT2D eigenvalue weighted by molar-refractivity contribution is -0.130. The molecule has 7 nitrogen and oxygen atoms in total. The number of H-pyrrole nitrogens is 1. The first kappa shape index (κ1) is 15.7. The van der Waals surface area contributed by atoms with Crippen molar-refractivity contribution in [1.82, 2.24) is 10.3 Å². The molecule has 110 valence electrons. The van der Waals surface area contributed by atoms with Crippen LogP contribution in [0.5, 0.6) is 0 Å². The molecule has 0 atom stereocenters. The van der Waals surface area contributed by atoms with Crippen LogP contribution in [-0.2, 0) is 9.59 Å². The van der Waals surface area contributed by atoms with E-state index in [1.54, 1.807) is 27.7 Å². The number of aryl methyl sites for hydroxylation is 1. The minimum Gasteiger partial charge on any atom is -0.477 e. The fraction of sp³-hybridized carbons (Fsp3) is 0.462. The summed E-state index contributed by atoms with van der Waals surface area (Å²) in [5, 5.41) is 13.9. The minimum atomic E-state index is -1.16. The quantitative estimate of drug-likeness (QED) is 0.662. The lowest BCUT2D eigenvalue weighted by atomic mass is 9.96. The number of carboxylic acids is 1. The van der Waals surface area contributed by atoms with Crippen molar-refractivity contribution in [3.8, 4) is 0 Å². The van der Waals surface area contributed by atoms with E-state index in [4.69, 9.17) is 5.11 Å². The monoisotopic (exact) mass is 281 g/mol. The average molecular weight is 281 g/mol. The van der Waals surface area contributed by atoms with Crippen LogP contribution < -0.4 is 10.6 Å². The lowest BCUT2D eigenvalue weighted by Gasteiger charge is -2.17. The normalized spacial score (nSPS) is 11.0. The first-order chi connectivity index (χ1) is 9.11. The Morgan fingerprint density at radius 1 is 1.30 bits per heavy atom. The van der Waals surface area contributed by atoms with E-state index in [9.17, 15) is 14.4 Å². The summed E-state index contributed by atoms with van der Waals surface area (Å²) in [6.07, 6.45) is 0. The van der Waals surface area contributed by atoms with Crippen molar-refractivity contribution in [3.05, 3.63) is 17.5 Å². The van der Waals surface area contributed by atoms with E-state index in [-0.39, 0.29) is 23.8 Å². The smallest absolute Gasteiger partial charge is 0.354 e. The molecule has 7 heteroatoms. The second-order valence-corrected chi connectivity index (χ2v) is 5.53. The zero-order valence-electron chi connectivity index (χ0n) is 12.0. The van der Waals surface area contributed by atoms with Crippen LogP contribution in [0.15, 0.2) is 6.07 Å². The van der Waals surface area contributed by atoms with E-state index < -0.39 is 17.3 Å². The van der Waals surface area contributed by atoms with E-state index >= 15 is 0 Å². The number of nitrogens with one attached hydrogen (secondary N) is 3. The molecule has 0 aliphatic rings.